The summed E-state index contributed by atoms with van der Waals surface area (Å²) in [6.45, 7) is 6.92. The van der Waals surface area contributed by atoms with Crippen molar-refractivity contribution in [2.24, 2.45) is 0 Å². The fraction of sp³-hybridized carbons (Fsp3) is 0.545. The number of hydrogen-bond donors (Lipinski definition) is 2. The van der Waals surface area contributed by atoms with E-state index in [0.717, 1.165) is 56.5 Å². The first kappa shape index (κ1) is 19.2. The van der Waals surface area contributed by atoms with E-state index in [0.29, 0.717) is 5.92 Å². The third kappa shape index (κ3) is 3.98. The van der Waals surface area contributed by atoms with Gasteiger partial charge in [0.05, 0.1) is 12.8 Å². The number of nitrogens with zero attached hydrogens (tertiary/aromatic N) is 3. The van der Waals surface area contributed by atoms with E-state index in [-0.39, 0.29) is 0 Å². The summed E-state index contributed by atoms with van der Waals surface area (Å²) in [7, 11) is 3.72. The molecule has 1 aromatic carbocycles. The molecule has 150 valence electrons. The second-order valence-corrected chi connectivity index (χ2v) is 7.92. The van der Waals surface area contributed by atoms with E-state index < -0.39 is 0 Å². The zero-order valence-electron chi connectivity index (χ0n) is 17.2. The topological polar surface area (TPSA) is 62.3 Å². The Hall–Kier alpha value is -2.18. The molecule has 1 atom stereocenters. The van der Waals surface area contributed by atoms with E-state index >= 15 is 0 Å². The van der Waals surface area contributed by atoms with Crippen LogP contribution in [0.15, 0.2) is 18.2 Å². The predicted octanol–water partition coefficient (Wildman–Crippen LogP) is 2.86. The van der Waals surface area contributed by atoms with Crippen molar-refractivity contribution >= 4 is 5.82 Å². The second kappa shape index (κ2) is 8.45. The minimum Gasteiger partial charge on any atom is -0.496 e. The maximum absolute atomic E-state index is 5.60. The molecule has 0 aliphatic carbocycles. The number of ether oxygens (including phenoxy) is 1. The highest BCUT2D eigenvalue weighted by atomic mass is 16.5. The molecule has 0 saturated carbocycles. The molecular formula is C22H31N5O. The van der Waals surface area contributed by atoms with Crippen molar-refractivity contribution in [1.82, 2.24) is 20.2 Å². The molecule has 4 rings (SSSR count). The van der Waals surface area contributed by atoms with E-state index in [1.54, 1.807) is 7.11 Å². The molecule has 1 saturated heterocycles. The number of fused-ring (bicyclic) bond motifs is 1. The van der Waals surface area contributed by atoms with Gasteiger partial charge in [-0.2, -0.15) is 0 Å². The fourth-order valence-corrected chi connectivity index (χ4v) is 4.32. The maximum atomic E-state index is 5.60. The van der Waals surface area contributed by atoms with Crippen LogP contribution in [0, 0.1) is 6.92 Å². The zero-order valence-corrected chi connectivity index (χ0v) is 17.2. The van der Waals surface area contributed by atoms with E-state index in [9.17, 15) is 0 Å². The Kier molecular flexibility index (Phi) is 5.78. The first-order valence-electron chi connectivity index (χ1n) is 10.3. The third-order valence-corrected chi connectivity index (χ3v) is 5.90. The minimum atomic E-state index is 0.415. The van der Waals surface area contributed by atoms with Crippen molar-refractivity contribution in [3.63, 3.8) is 0 Å². The highest BCUT2D eigenvalue weighted by Gasteiger charge is 2.26. The number of anilines is 1. The van der Waals surface area contributed by atoms with Gasteiger partial charge in [-0.1, -0.05) is 12.1 Å². The Labute approximate surface area is 167 Å². The summed E-state index contributed by atoms with van der Waals surface area (Å²) in [6, 6.07) is 6.45. The van der Waals surface area contributed by atoms with Gasteiger partial charge in [0.25, 0.3) is 0 Å². The Morgan fingerprint density at radius 2 is 2.21 bits per heavy atom. The van der Waals surface area contributed by atoms with Gasteiger partial charge in [0.2, 0.25) is 0 Å². The van der Waals surface area contributed by atoms with Crippen molar-refractivity contribution < 1.29 is 4.74 Å². The molecule has 1 aromatic heterocycles. The lowest BCUT2D eigenvalue weighted by Gasteiger charge is -2.31. The van der Waals surface area contributed by atoms with Crippen LogP contribution >= 0.6 is 0 Å². The number of benzene rings is 1. The quantitative estimate of drug-likeness (QED) is 0.830. The summed E-state index contributed by atoms with van der Waals surface area (Å²) in [4.78, 5) is 12.4. The molecule has 6 nitrogen and oxygen atoms in total. The highest BCUT2D eigenvalue weighted by molar-refractivity contribution is 5.48. The monoisotopic (exact) mass is 381 g/mol. The molecule has 3 heterocycles. The summed E-state index contributed by atoms with van der Waals surface area (Å²) < 4.78 is 5.60. The number of nitrogens with one attached hydrogen (secondary N) is 2. The number of aryl methyl sites for hydroxylation is 1. The molecular weight excluding hydrogens is 350 g/mol. The van der Waals surface area contributed by atoms with Crippen molar-refractivity contribution in [2.45, 2.75) is 45.2 Å². The van der Waals surface area contributed by atoms with E-state index in [4.69, 9.17) is 14.7 Å². The fourth-order valence-electron chi connectivity index (χ4n) is 4.32. The van der Waals surface area contributed by atoms with Crippen LogP contribution in [0.4, 0.5) is 5.82 Å². The van der Waals surface area contributed by atoms with E-state index in [1.807, 2.05) is 7.05 Å². The van der Waals surface area contributed by atoms with Gasteiger partial charge in [0.15, 0.2) is 0 Å². The molecule has 2 aliphatic rings. The number of methoxy groups -OCH3 is 1. The Morgan fingerprint density at radius 3 is 2.96 bits per heavy atom. The van der Waals surface area contributed by atoms with Crippen LogP contribution in [-0.2, 0) is 19.5 Å². The van der Waals surface area contributed by atoms with Gasteiger partial charge >= 0.3 is 0 Å². The number of rotatable bonds is 5. The third-order valence-electron chi connectivity index (χ3n) is 5.90. The zero-order chi connectivity index (χ0) is 19.5. The van der Waals surface area contributed by atoms with Crippen molar-refractivity contribution in [1.29, 1.82) is 0 Å². The summed E-state index contributed by atoms with van der Waals surface area (Å²) in [5.74, 6) is 3.39. The van der Waals surface area contributed by atoms with Crippen LogP contribution in [0.3, 0.4) is 0 Å². The Balaban J connectivity index is 1.57. The first-order chi connectivity index (χ1) is 13.7. The van der Waals surface area contributed by atoms with Crippen molar-refractivity contribution in [3.05, 3.63) is 46.4 Å². The van der Waals surface area contributed by atoms with E-state index in [2.05, 4.69) is 40.7 Å². The van der Waals surface area contributed by atoms with Gasteiger partial charge in [0, 0.05) is 50.3 Å². The molecule has 2 aliphatic heterocycles. The number of piperidine rings is 1. The first-order valence-corrected chi connectivity index (χ1v) is 10.3. The summed E-state index contributed by atoms with van der Waals surface area (Å²) >= 11 is 0. The van der Waals surface area contributed by atoms with Crippen LogP contribution in [-0.4, -0.2) is 48.7 Å². The molecule has 0 spiro atoms. The van der Waals surface area contributed by atoms with Crippen molar-refractivity contribution in [2.75, 3.05) is 39.1 Å². The summed E-state index contributed by atoms with van der Waals surface area (Å²) in [5.41, 5.74) is 4.91. The molecule has 2 N–H and O–H groups in total. The Morgan fingerprint density at radius 1 is 1.32 bits per heavy atom. The normalized spacial score (nSPS) is 19.9. The van der Waals surface area contributed by atoms with Crippen LogP contribution in [0.25, 0.3) is 0 Å². The molecule has 1 unspecified atom stereocenters. The van der Waals surface area contributed by atoms with Gasteiger partial charge in [-0.25, -0.2) is 9.97 Å². The van der Waals surface area contributed by atoms with Crippen LogP contribution in [0.5, 0.6) is 5.75 Å². The minimum absolute atomic E-state index is 0.415. The lowest BCUT2D eigenvalue weighted by Crippen LogP contribution is -2.33. The molecule has 6 heteroatoms. The van der Waals surface area contributed by atoms with Crippen molar-refractivity contribution in [3.8, 4) is 5.75 Å². The largest absolute Gasteiger partial charge is 0.496 e. The molecule has 0 radical (unpaired) electrons. The average Bonchev–Trinajstić information content (AvgIpc) is 2.74. The molecule has 28 heavy (non-hydrogen) atoms. The molecule has 2 aromatic rings. The molecule has 1 fully saturated rings. The second-order valence-electron chi connectivity index (χ2n) is 7.92. The average molecular weight is 382 g/mol. The SMILES string of the molecule is CNc1nc(C2CCCNC2)nc2c1CCN(Cc1ccc(C)cc1OC)C2. The lowest BCUT2D eigenvalue weighted by molar-refractivity contribution is 0.237. The molecule has 0 amide bonds. The summed E-state index contributed by atoms with van der Waals surface area (Å²) in [6.07, 6.45) is 3.33. The van der Waals surface area contributed by atoms with Gasteiger partial charge in [0.1, 0.15) is 17.4 Å². The van der Waals surface area contributed by atoms with Crippen LogP contribution in [0.1, 0.15) is 47.0 Å². The summed E-state index contributed by atoms with van der Waals surface area (Å²) in [5, 5.41) is 6.80. The number of hydrogen-bond acceptors (Lipinski definition) is 6. The van der Waals surface area contributed by atoms with Gasteiger partial charge < -0.3 is 15.4 Å². The van der Waals surface area contributed by atoms with Crippen LogP contribution < -0.4 is 15.4 Å². The Bertz CT molecular complexity index is 832. The number of aromatic nitrogens is 2. The van der Waals surface area contributed by atoms with Crippen LogP contribution in [0.2, 0.25) is 0 Å². The van der Waals surface area contributed by atoms with Gasteiger partial charge in [-0.05, 0) is 44.4 Å². The van der Waals surface area contributed by atoms with Gasteiger partial charge in [-0.3, -0.25) is 4.90 Å². The maximum Gasteiger partial charge on any atom is 0.135 e. The lowest BCUT2D eigenvalue weighted by atomic mass is 9.97. The molecule has 0 bridgehead atoms. The van der Waals surface area contributed by atoms with E-state index in [1.165, 1.54) is 35.2 Å². The predicted molar refractivity (Wildman–Crippen MR) is 112 cm³/mol. The highest BCUT2D eigenvalue weighted by Crippen LogP contribution is 2.29. The van der Waals surface area contributed by atoms with Gasteiger partial charge in [-0.15, -0.1) is 0 Å². The standard InChI is InChI=1S/C22H31N5O/c1-15-6-7-17(20(11-15)28-3)13-27-10-8-18-19(14-27)25-21(26-22(18)23-2)16-5-4-9-24-12-16/h6-7,11,16,24H,4-5,8-10,12-14H2,1-3H3,(H,23,25,26). The smallest absolute Gasteiger partial charge is 0.135 e.